The van der Waals surface area contributed by atoms with Crippen molar-refractivity contribution in [1.29, 1.82) is 5.26 Å². The molecule has 1 saturated carbocycles. The van der Waals surface area contributed by atoms with Gasteiger partial charge in [0.05, 0.1) is 12.0 Å². The van der Waals surface area contributed by atoms with Crippen LogP contribution in [0.15, 0.2) is 12.3 Å². The zero-order valence-corrected chi connectivity index (χ0v) is 9.18. The highest BCUT2D eigenvalue weighted by Crippen LogP contribution is 2.24. The lowest BCUT2D eigenvalue weighted by Gasteiger charge is -2.15. The van der Waals surface area contributed by atoms with E-state index in [0.29, 0.717) is 5.69 Å². The molecule has 2 rings (SSSR count). The van der Waals surface area contributed by atoms with E-state index in [9.17, 15) is 4.79 Å². The summed E-state index contributed by atoms with van der Waals surface area (Å²) in [6.45, 7) is 0. The van der Waals surface area contributed by atoms with Crippen LogP contribution < -0.4 is 5.32 Å². The first-order valence-corrected chi connectivity index (χ1v) is 5.41. The lowest BCUT2D eigenvalue weighted by atomic mass is 10.1. The molecule has 1 aromatic rings. The predicted molar refractivity (Wildman–Crippen MR) is 57.4 cm³/mol. The summed E-state index contributed by atoms with van der Waals surface area (Å²) in [4.78, 5) is 11.9. The number of hydrogen-bond acceptors (Lipinski definition) is 3. The smallest absolute Gasteiger partial charge is 0.269 e. The van der Waals surface area contributed by atoms with Crippen LogP contribution in [0.25, 0.3) is 0 Å². The van der Waals surface area contributed by atoms with Gasteiger partial charge in [-0.15, -0.1) is 0 Å². The van der Waals surface area contributed by atoms with E-state index in [-0.39, 0.29) is 17.9 Å². The van der Waals surface area contributed by atoms with Crippen molar-refractivity contribution in [2.24, 2.45) is 13.0 Å². The maximum absolute atomic E-state index is 11.9. The third-order valence-electron chi connectivity index (χ3n) is 3.05. The summed E-state index contributed by atoms with van der Waals surface area (Å²) >= 11 is 0. The van der Waals surface area contributed by atoms with Gasteiger partial charge in [0, 0.05) is 19.3 Å². The van der Waals surface area contributed by atoms with E-state index in [2.05, 4.69) is 16.5 Å². The molecule has 1 heterocycles. The summed E-state index contributed by atoms with van der Waals surface area (Å²) in [5, 5.41) is 15.8. The molecule has 5 nitrogen and oxygen atoms in total. The molecular weight excluding hydrogens is 204 g/mol. The Kier molecular flexibility index (Phi) is 2.91. The molecule has 1 aromatic heterocycles. The van der Waals surface area contributed by atoms with Crippen molar-refractivity contribution < 1.29 is 4.79 Å². The van der Waals surface area contributed by atoms with Crippen LogP contribution >= 0.6 is 0 Å². The maximum atomic E-state index is 11.9. The van der Waals surface area contributed by atoms with Crippen LogP contribution in [0.1, 0.15) is 29.8 Å². The Bertz CT molecular complexity index is 431. The van der Waals surface area contributed by atoms with E-state index in [0.717, 1.165) is 19.3 Å². The number of carbonyl (C=O) groups excluding carboxylic acids is 1. The van der Waals surface area contributed by atoms with Gasteiger partial charge in [0.2, 0.25) is 0 Å². The Labute approximate surface area is 94.1 Å². The second kappa shape index (κ2) is 4.35. The highest BCUT2D eigenvalue weighted by Gasteiger charge is 2.29. The number of nitrogens with zero attached hydrogens (tertiary/aromatic N) is 3. The van der Waals surface area contributed by atoms with E-state index < -0.39 is 0 Å². The van der Waals surface area contributed by atoms with Crippen LogP contribution in [0.2, 0.25) is 0 Å². The van der Waals surface area contributed by atoms with E-state index in [1.807, 2.05) is 0 Å². The van der Waals surface area contributed by atoms with Crippen LogP contribution in [0.4, 0.5) is 0 Å². The molecule has 0 bridgehead atoms. The first-order chi connectivity index (χ1) is 7.72. The van der Waals surface area contributed by atoms with Crippen LogP contribution in [-0.2, 0) is 7.05 Å². The summed E-state index contributed by atoms with van der Waals surface area (Å²) in [5.41, 5.74) is 0.531. The summed E-state index contributed by atoms with van der Waals surface area (Å²) < 4.78 is 1.53. The summed E-state index contributed by atoms with van der Waals surface area (Å²) in [6, 6.07) is 3.91. The monoisotopic (exact) mass is 218 g/mol. The molecule has 84 valence electrons. The van der Waals surface area contributed by atoms with Gasteiger partial charge in [-0.05, 0) is 25.3 Å². The van der Waals surface area contributed by atoms with Crippen molar-refractivity contribution in [2.75, 3.05) is 0 Å². The Morgan fingerprint density at radius 2 is 2.50 bits per heavy atom. The Hall–Kier alpha value is -1.83. The average molecular weight is 218 g/mol. The molecule has 1 fully saturated rings. The molecule has 1 aliphatic rings. The number of aromatic nitrogens is 2. The fourth-order valence-electron chi connectivity index (χ4n) is 2.13. The summed E-state index contributed by atoms with van der Waals surface area (Å²) in [7, 11) is 1.73. The Morgan fingerprint density at radius 1 is 1.69 bits per heavy atom. The van der Waals surface area contributed by atoms with Crippen LogP contribution in [0.3, 0.4) is 0 Å². The number of rotatable bonds is 2. The van der Waals surface area contributed by atoms with E-state index >= 15 is 0 Å². The minimum atomic E-state index is -0.146. The quantitative estimate of drug-likeness (QED) is 0.799. The van der Waals surface area contributed by atoms with Crippen molar-refractivity contribution in [2.45, 2.75) is 25.3 Å². The van der Waals surface area contributed by atoms with Gasteiger partial charge in [0.15, 0.2) is 0 Å². The molecule has 2 unspecified atom stereocenters. The average Bonchev–Trinajstić information content (AvgIpc) is 2.86. The minimum absolute atomic E-state index is 0.00704. The molecule has 1 amide bonds. The molecule has 5 heteroatoms. The van der Waals surface area contributed by atoms with E-state index in [1.54, 1.807) is 19.3 Å². The number of aryl methyl sites for hydroxylation is 1. The van der Waals surface area contributed by atoms with Crippen LogP contribution in [-0.4, -0.2) is 21.7 Å². The molecule has 0 aromatic carbocycles. The number of hydrogen-bond donors (Lipinski definition) is 1. The minimum Gasteiger partial charge on any atom is -0.347 e. The second-order valence-electron chi connectivity index (χ2n) is 4.09. The second-order valence-corrected chi connectivity index (χ2v) is 4.09. The van der Waals surface area contributed by atoms with Gasteiger partial charge in [-0.25, -0.2) is 0 Å². The third-order valence-corrected chi connectivity index (χ3v) is 3.05. The molecule has 1 N–H and O–H groups in total. The molecule has 16 heavy (non-hydrogen) atoms. The maximum Gasteiger partial charge on any atom is 0.269 e. The van der Waals surface area contributed by atoms with Gasteiger partial charge in [-0.3, -0.25) is 9.48 Å². The Balaban J connectivity index is 2.03. The molecule has 0 radical (unpaired) electrons. The molecule has 0 saturated heterocycles. The zero-order chi connectivity index (χ0) is 11.5. The van der Waals surface area contributed by atoms with Gasteiger partial charge < -0.3 is 5.32 Å². The number of nitrogens with one attached hydrogen (secondary N) is 1. The van der Waals surface area contributed by atoms with Gasteiger partial charge in [-0.1, -0.05) is 0 Å². The predicted octanol–water partition coefficient (Wildman–Crippen LogP) is 0.842. The van der Waals surface area contributed by atoms with Gasteiger partial charge in [-0.2, -0.15) is 10.4 Å². The van der Waals surface area contributed by atoms with E-state index in [1.165, 1.54) is 4.68 Å². The van der Waals surface area contributed by atoms with Crippen LogP contribution in [0, 0.1) is 17.2 Å². The van der Waals surface area contributed by atoms with Crippen molar-refractivity contribution >= 4 is 5.91 Å². The first kappa shape index (κ1) is 10.7. The van der Waals surface area contributed by atoms with Crippen LogP contribution in [0.5, 0.6) is 0 Å². The number of amides is 1. The van der Waals surface area contributed by atoms with Gasteiger partial charge >= 0.3 is 0 Å². The fourth-order valence-corrected chi connectivity index (χ4v) is 2.13. The summed E-state index contributed by atoms with van der Waals surface area (Å²) in [6.07, 6.45) is 4.37. The van der Waals surface area contributed by atoms with Gasteiger partial charge in [0.1, 0.15) is 5.69 Å². The van der Waals surface area contributed by atoms with Gasteiger partial charge in [0.25, 0.3) is 5.91 Å². The van der Waals surface area contributed by atoms with Crippen molar-refractivity contribution in [3.8, 4) is 6.07 Å². The Morgan fingerprint density at radius 3 is 3.12 bits per heavy atom. The highest BCUT2D eigenvalue weighted by atomic mass is 16.2. The highest BCUT2D eigenvalue weighted by molar-refractivity contribution is 5.92. The fraction of sp³-hybridized carbons (Fsp3) is 0.545. The molecule has 2 atom stereocenters. The normalized spacial score (nSPS) is 24.0. The lowest BCUT2D eigenvalue weighted by Crippen LogP contribution is -2.37. The third kappa shape index (κ3) is 1.91. The molecular formula is C11H14N4O. The standard InChI is InChI=1S/C11H14N4O/c1-15-10(5-6-13-15)11(16)14-9-4-2-3-8(9)7-12/h5-6,8-9H,2-4H2,1H3,(H,14,16). The SMILES string of the molecule is Cn1nccc1C(=O)NC1CCCC1C#N. The lowest BCUT2D eigenvalue weighted by molar-refractivity contribution is 0.0923. The van der Waals surface area contributed by atoms with Crippen molar-refractivity contribution in [3.05, 3.63) is 18.0 Å². The topological polar surface area (TPSA) is 70.7 Å². The largest absolute Gasteiger partial charge is 0.347 e. The molecule has 1 aliphatic carbocycles. The first-order valence-electron chi connectivity index (χ1n) is 5.41. The zero-order valence-electron chi connectivity index (χ0n) is 9.18. The van der Waals surface area contributed by atoms with Crippen molar-refractivity contribution in [1.82, 2.24) is 15.1 Å². The molecule has 0 spiro atoms. The number of nitriles is 1. The number of carbonyl (C=O) groups is 1. The van der Waals surface area contributed by atoms with Crippen molar-refractivity contribution in [3.63, 3.8) is 0 Å². The molecule has 0 aliphatic heterocycles. The summed E-state index contributed by atoms with van der Waals surface area (Å²) in [5.74, 6) is -0.190. The van der Waals surface area contributed by atoms with E-state index in [4.69, 9.17) is 5.26 Å².